The van der Waals surface area contributed by atoms with Gasteiger partial charge in [-0.3, -0.25) is 0 Å². The van der Waals surface area contributed by atoms with Crippen LogP contribution in [0.5, 0.6) is 5.75 Å². The Hall–Kier alpha value is -2.91. The van der Waals surface area contributed by atoms with Gasteiger partial charge in [0.05, 0.1) is 29.6 Å². The van der Waals surface area contributed by atoms with E-state index in [0.29, 0.717) is 6.07 Å². The number of para-hydroxylation sites is 1. The highest BCUT2D eigenvalue weighted by molar-refractivity contribution is 6.01. The number of hydrogen-bond acceptors (Lipinski definition) is 2. The van der Waals surface area contributed by atoms with E-state index in [4.69, 9.17) is 4.74 Å². The van der Waals surface area contributed by atoms with Crippen molar-refractivity contribution < 1.29 is 35.9 Å². The largest absolute Gasteiger partial charge is 0.495 e. The minimum atomic E-state index is -4.71. The van der Waals surface area contributed by atoms with Gasteiger partial charge in [0.1, 0.15) is 5.75 Å². The van der Waals surface area contributed by atoms with E-state index in [1.54, 1.807) is 0 Å². The van der Waals surface area contributed by atoms with Crippen LogP contribution in [0.15, 0.2) is 42.5 Å². The average molecular weight is 378 g/mol. The van der Waals surface area contributed by atoms with Crippen molar-refractivity contribution in [3.8, 4) is 5.75 Å². The van der Waals surface area contributed by atoms with Crippen molar-refractivity contribution in [1.29, 1.82) is 0 Å². The molecule has 2 aromatic carbocycles. The summed E-state index contributed by atoms with van der Waals surface area (Å²) in [6, 6.07) is 5.40. The molecule has 0 saturated carbocycles. The first-order chi connectivity index (χ1) is 12.0. The number of carbonyl (C=O) groups is 1. The zero-order valence-corrected chi connectivity index (χ0v) is 13.1. The number of urea groups is 1. The number of ether oxygens (including phenoxy) is 1. The molecule has 0 heterocycles. The van der Waals surface area contributed by atoms with Crippen molar-refractivity contribution in [3.63, 3.8) is 0 Å². The van der Waals surface area contributed by atoms with Crippen molar-refractivity contribution in [2.24, 2.45) is 0 Å². The van der Waals surface area contributed by atoms with Crippen LogP contribution in [0.4, 0.5) is 42.5 Å². The standard InChI is InChI=1S/C16H12F6N2O2/c1-26-13-7-6-9(15(17,18)19)8-12(13)24-14(25)23-11-5-3-2-4-10(11)16(20,21)22/h2-8H,1H3,(H2,23,24,25). The summed E-state index contributed by atoms with van der Waals surface area (Å²) in [7, 11) is 1.17. The predicted octanol–water partition coefficient (Wildman–Crippen LogP) is 5.38. The molecule has 0 bridgehead atoms. The zero-order valence-electron chi connectivity index (χ0n) is 13.1. The van der Waals surface area contributed by atoms with Crippen molar-refractivity contribution in [1.82, 2.24) is 0 Å². The van der Waals surface area contributed by atoms with Gasteiger partial charge in [-0.25, -0.2) is 4.79 Å². The van der Waals surface area contributed by atoms with Crippen LogP contribution in [0.25, 0.3) is 0 Å². The topological polar surface area (TPSA) is 50.4 Å². The van der Waals surface area contributed by atoms with Gasteiger partial charge >= 0.3 is 18.4 Å². The quantitative estimate of drug-likeness (QED) is 0.705. The van der Waals surface area contributed by atoms with Gasteiger partial charge < -0.3 is 15.4 Å². The van der Waals surface area contributed by atoms with Crippen LogP contribution in [0.3, 0.4) is 0 Å². The van der Waals surface area contributed by atoms with Crippen LogP contribution in [0.1, 0.15) is 11.1 Å². The molecule has 0 unspecified atom stereocenters. The fourth-order valence-corrected chi connectivity index (χ4v) is 2.10. The summed E-state index contributed by atoms with van der Waals surface area (Å²) in [5.74, 6) is -0.0859. The van der Waals surface area contributed by atoms with Crippen LogP contribution in [-0.2, 0) is 12.4 Å². The Balaban J connectivity index is 2.26. The number of amides is 2. The summed E-state index contributed by atoms with van der Waals surface area (Å²) in [6.45, 7) is 0. The monoisotopic (exact) mass is 378 g/mol. The number of carbonyl (C=O) groups excluding carboxylic acids is 1. The molecule has 2 aromatic rings. The summed E-state index contributed by atoms with van der Waals surface area (Å²) in [4.78, 5) is 12.0. The van der Waals surface area contributed by atoms with E-state index in [1.165, 1.54) is 13.2 Å². The Kier molecular flexibility index (Phi) is 5.33. The van der Waals surface area contributed by atoms with Crippen LogP contribution in [-0.4, -0.2) is 13.1 Å². The number of nitrogens with one attached hydrogen (secondary N) is 2. The van der Waals surface area contributed by atoms with Gasteiger partial charge in [-0.05, 0) is 30.3 Å². The third-order valence-corrected chi connectivity index (χ3v) is 3.26. The second-order valence-corrected chi connectivity index (χ2v) is 5.04. The maximum absolute atomic E-state index is 12.9. The molecule has 140 valence electrons. The molecule has 2 rings (SSSR count). The first kappa shape index (κ1) is 19.4. The highest BCUT2D eigenvalue weighted by Crippen LogP contribution is 2.36. The maximum Gasteiger partial charge on any atom is 0.418 e. The van der Waals surface area contributed by atoms with Crippen LogP contribution in [0.2, 0.25) is 0 Å². The van der Waals surface area contributed by atoms with E-state index in [2.05, 4.69) is 5.32 Å². The van der Waals surface area contributed by atoms with Crippen molar-refractivity contribution in [2.45, 2.75) is 12.4 Å². The minimum absolute atomic E-state index is 0.0859. The SMILES string of the molecule is COc1ccc(C(F)(F)F)cc1NC(=O)Nc1ccccc1C(F)(F)F. The van der Waals surface area contributed by atoms with Gasteiger partial charge in [-0.15, -0.1) is 0 Å². The van der Waals surface area contributed by atoms with E-state index in [1.807, 2.05) is 5.32 Å². The Bertz CT molecular complexity index is 802. The molecule has 10 heteroatoms. The van der Waals surface area contributed by atoms with Crippen LogP contribution in [0, 0.1) is 0 Å². The molecule has 0 atom stereocenters. The highest BCUT2D eigenvalue weighted by atomic mass is 19.4. The first-order valence-corrected chi connectivity index (χ1v) is 7.02. The van der Waals surface area contributed by atoms with Crippen molar-refractivity contribution in [2.75, 3.05) is 17.7 Å². The van der Waals surface area contributed by atoms with Crippen molar-refractivity contribution in [3.05, 3.63) is 53.6 Å². The van der Waals surface area contributed by atoms with E-state index < -0.39 is 35.2 Å². The third kappa shape index (κ3) is 4.58. The average Bonchev–Trinajstić information content (AvgIpc) is 2.53. The molecular weight excluding hydrogens is 366 g/mol. The Labute approximate surface area is 143 Å². The highest BCUT2D eigenvalue weighted by Gasteiger charge is 2.34. The summed E-state index contributed by atoms with van der Waals surface area (Å²) < 4.78 is 81.9. The van der Waals surface area contributed by atoms with E-state index in [0.717, 1.165) is 30.3 Å². The van der Waals surface area contributed by atoms with Crippen LogP contribution < -0.4 is 15.4 Å². The van der Waals surface area contributed by atoms with Gasteiger partial charge in [-0.2, -0.15) is 26.3 Å². The lowest BCUT2D eigenvalue weighted by molar-refractivity contribution is -0.138. The molecule has 0 saturated heterocycles. The molecule has 0 radical (unpaired) electrons. The Morgan fingerprint density at radius 2 is 1.50 bits per heavy atom. The van der Waals surface area contributed by atoms with E-state index in [-0.39, 0.29) is 11.4 Å². The molecular formula is C16H12F6N2O2. The number of benzene rings is 2. The molecule has 4 nitrogen and oxygen atoms in total. The fourth-order valence-electron chi connectivity index (χ4n) is 2.10. The first-order valence-electron chi connectivity index (χ1n) is 7.02. The normalized spacial score (nSPS) is 11.8. The molecule has 0 aromatic heterocycles. The summed E-state index contributed by atoms with van der Waals surface area (Å²) in [5, 5.41) is 4.03. The molecule has 2 amide bonds. The second-order valence-electron chi connectivity index (χ2n) is 5.04. The molecule has 2 N–H and O–H groups in total. The lowest BCUT2D eigenvalue weighted by Gasteiger charge is -2.16. The molecule has 0 aliphatic heterocycles. The predicted molar refractivity (Wildman–Crippen MR) is 82.1 cm³/mol. The Morgan fingerprint density at radius 1 is 0.885 bits per heavy atom. The number of halogens is 6. The molecule has 0 fully saturated rings. The summed E-state index contributed by atoms with van der Waals surface area (Å²) in [5.41, 5.74) is -3.02. The van der Waals surface area contributed by atoms with E-state index >= 15 is 0 Å². The zero-order chi connectivity index (χ0) is 19.5. The molecule has 0 aliphatic carbocycles. The summed E-state index contributed by atoms with van der Waals surface area (Å²) in [6.07, 6.45) is -9.38. The lowest BCUT2D eigenvalue weighted by Crippen LogP contribution is -2.22. The van der Waals surface area contributed by atoms with Gasteiger partial charge in [0.25, 0.3) is 0 Å². The number of alkyl halides is 6. The van der Waals surface area contributed by atoms with E-state index in [9.17, 15) is 31.1 Å². The number of rotatable bonds is 3. The van der Waals surface area contributed by atoms with Gasteiger partial charge in [0, 0.05) is 0 Å². The molecule has 26 heavy (non-hydrogen) atoms. The maximum atomic E-state index is 12.9. The fraction of sp³-hybridized carbons (Fsp3) is 0.188. The molecule has 0 spiro atoms. The lowest BCUT2D eigenvalue weighted by atomic mass is 10.1. The third-order valence-electron chi connectivity index (χ3n) is 3.26. The van der Waals surface area contributed by atoms with Crippen molar-refractivity contribution >= 4 is 17.4 Å². The van der Waals surface area contributed by atoms with Gasteiger partial charge in [0.2, 0.25) is 0 Å². The smallest absolute Gasteiger partial charge is 0.418 e. The number of methoxy groups -OCH3 is 1. The number of hydrogen-bond donors (Lipinski definition) is 2. The van der Waals surface area contributed by atoms with Crippen LogP contribution >= 0.6 is 0 Å². The Morgan fingerprint density at radius 3 is 2.08 bits per heavy atom. The summed E-state index contributed by atoms with van der Waals surface area (Å²) >= 11 is 0. The second kappa shape index (κ2) is 7.14. The van der Waals surface area contributed by atoms with Gasteiger partial charge in [-0.1, -0.05) is 12.1 Å². The minimum Gasteiger partial charge on any atom is -0.495 e. The molecule has 0 aliphatic rings. The number of anilines is 2. The van der Waals surface area contributed by atoms with Gasteiger partial charge in [0.15, 0.2) is 0 Å².